The van der Waals surface area contributed by atoms with Crippen molar-refractivity contribution in [1.82, 2.24) is 14.9 Å². The molecule has 172 valence electrons. The summed E-state index contributed by atoms with van der Waals surface area (Å²) in [7, 11) is -1.96. The largest absolute Gasteiger partial charge is 0.511 e. The normalized spacial score (nSPS) is 16.8. The second kappa shape index (κ2) is 12.1. The van der Waals surface area contributed by atoms with Gasteiger partial charge in [-0.2, -0.15) is 17.5 Å². The molecule has 1 fully saturated rings. The average molecular weight is 564 g/mol. The van der Waals surface area contributed by atoms with Crippen LogP contribution in [0.25, 0.3) is 0 Å². The second-order valence-corrected chi connectivity index (χ2v) is 8.78. The first kappa shape index (κ1) is 26.9. The topological polar surface area (TPSA) is 83.0 Å². The Bertz CT molecular complexity index is 781. The summed E-state index contributed by atoms with van der Waals surface area (Å²) < 4.78 is 66.4. The van der Waals surface area contributed by atoms with Gasteiger partial charge in [-0.25, -0.2) is 8.42 Å². The van der Waals surface area contributed by atoms with Crippen LogP contribution in [0.15, 0.2) is 29.3 Å². The molecule has 7 nitrogen and oxygen atoms in total. The lowest BCUT2D eigenvalue weighted by molar-refractivity contribution is -0.0496. The number of methoxy groups -OCH3 is 1. The molecule has 0 unspecified atom stereocenters. The third-order valence-corrected chi connectivity index (χ3v) is 6.41. The highest BCUT2D eigenvalue weighted by molar-refractivity contribution is 14.0. The maximum atomic E-state index is 12.6. The van der Waals surface area contributed by atoms with Crippen LogP contribution in [0.3, 0.4) is 0 Å². The number of guanidine groups is 1. The lowest BCUT2D eigenvalue weighted by Gasteiger charge is -2.31. The molecular weight excluding hydrogens is 536 g/mol. The minimum Gasteiger partial charge on any atom is -0.380 e. The summed E-state index contributed by atoms with van der Waals surface area (Å²) in [5, 5.41) is 6.34. The number of alkyl halides is 3. The first-order chi connectivity index (χ1) is 13.7. The number of rotatable bonds is 7. The molecule has 0 atom stereocenters. The summed E-state index contributed by atoms with van der Waals surface area (Å²) in [6, 6.07) is 7.95. The maximum Gasteiger partial charge on any atom is 0.511 e. The first-order valence-corrected chi connectivity index (χ1v) is 10.7. The van der Waals surface area contributed by atoms with Gasteiger partial charge in [0.05, 0.1) is 6.61 Å². The van der Waals surface area contributed by atoms with Gasteiger partial charge in [-0.15, -0.1) is 24.0 Å². The van der Waals surface area contributed by atoms with E-state index in [1.807, 2.05) is 24.3 Å². The first-order valence-electron chi connectivity index (χ1n) is 9.25. The van der Waals surface area contributed by atoms with Gasteiger partial charge in [-0.1, -0.05) is 24.3 Å². The van der Waals surface area contributed by atoms with Crippen molar-refractivity contribution in [1.29, 1.82) is 0 Å². The predicted molar refractivity (Wildman–Crippen MR) is 120 cm³/mol. The van der Waals surface area contributed by atoms with E-state index in [9.17, 15) is 21.6 Å². The standard InChI is InChI=1S/C18H27F3N4O3S.HI/c1-22-17(23-11-14-3-5-16(6-4-14)13-28-2)24-12-15-7-9-25(10-8-15)29(26,27)18(19,20)21;/h3-6,15H,7-13H2,1-2H3,(H2,22,23,24);1H. The molecule has 0 spiro atoms. The van der Waals surface area contributed by atoms with E-state index >= 15 is 0 Å². The van der Waals surface area contributed by atoms with Gasteiger partial charge in [0.2, 0.25) is 0 Å². The zero-order valence-electron chi connectivity index (χ0n) is 16.9. The van der Waals surface area contributed by atoms with Crippen molar-refractivity contribution >= 4 is 40.0 Å². The smallest absolute Gasteiger partial charge is 0.380 e. The molecule has 12 heteroatoms. The van der Waals surface area contributed by atoms with Crippen molar-refractivity contribution in [2.45, 2.75) is 31.5 Å². The molecule has 30 heavy (non-hydrogen) atoms. The van der Waals surface area contributed by atoms with Crippen LogP contribution in [-0.2, 0) is 27.9 Å². The van der Waals surface area contributed by atoms with E-state index in [1.165, 1.54) is 0 Å². The summed E-state index contributed by atoms with van der Waals surface area (Å²) in [6.45, 7) is 1.36. The minimum atomic E-state index is -5.24. The Hall–Kier alpha value is -1.12. The van der Waals surface area contributed by atoms with Crippen molar-refractivity contribution in [2.24, 2.45) is 10.9 Å². The van der Waals surface area contributed by atoms with Gasteiger partial charge in [0.25, 0.3) is 0 Å². The number of ether oxygens (including phenoxy) is 1. The number of hydrogen-bond donors (Lipinski definition) is 2. The summed E-state index contributed by atoms with van der Waals surface area (Å²) in [4.78, 5) is 4.14. The van der Waals surface area contributed by atoms with Gasteiger partial charge < -0.3 is 15.4 Å². The quantitative estimate of drug-likeness (QED) is 0.303. The van der Waals surface area contributed by atoms with Crippen LogP contribution in [0.5, 0.6) is 0 Å². The van der Waals surface area contributed by atoms with Crippen molar-refractivity contribution in [3.63, 3.8) is 0 Å². The van der Waals surface area contributed by atoms with E-state index in [1.54, 1.807) is 14.2 Å². The molecule has 1 aliphatic heterocycles. The van der Waals surface area contributed by atoms with E-state index < -0.39 is 15.5 Å². The van der Waals surface area contributed by atoms with Crippen molar-refractivity contribution in [2.75, 3.05) is 33.8 Å². The van der Waals surface area contributed by atoms with E-state index in [-0.39, 0.29) is 43.0 Å². The molecule has 1 heterocycles. The highest BCUT2D eigenvalue weighted by Gasteiger charge is 2.50. The Kier molecular flexibility index (Phi) is 10.8. The fourth-order valence-electron chi connectivity index (χ4n) is 3.07. The molecule has 0 aromatic heterocycles. The SMILES string of the molecule is CN=C(NCc1ccc(COC)cc1)NCC1CCN(S(=O)(=O)C(F)(F)F)CC1.I. The van der Waals surface area contributed by atoms with Crippen LogP contribution in [0.2, 0.25) is 0 Å². The number of sulfonamides is 1. The van der Waals surface area contributed by atoms with Gasteiger partial charge >= 0.3 is 15.5 Å². The van der Waals surface area contributed by atoms with Crippen LogP contribution in [0.4, 0.5) is 13.2 Å². The molecule has 1 aromatic carbocycles. The van der Waals surface area contributed by atoms with E-state index in [2.05, 4.69) is 15.6 Å². The van der Waals surface area contributed by atoms with Crippen molar-refractivity contribution < 1.29 is 26.3 Å². The molecule has 1 saturated heterocycles. The maximum absolute atomic E-state index is 12.6. The van der Waals surface area contributed by atoms with Gasteiger partial charge in [0, 0.05) is 40.3 Å². The molecule has 0 bridgehead atoms. The molecule has 1 aliphatic rings. The monoisotopic (exact) mass is 564 g/mol. The summed E-state index contributed by atoms with van der Waals surface area (Å²) in [5.41, 5.74) is -3.10. The molecule has 0 radical (unpaired) electrons. The van der Waals surface area contributed by atoms with Crippen LogP contribution in [0.1, 0.15) is 24.0 Å². The highest BCUT2D eigenvalue weighted by atomic mass is 127. The lowest BCUT2D eigenvalue weighted by Crippen LogP contribution is -2.47. The fourth-order valence-corrected chi connectivity index (χ4v) is 4.05. The van der Waals surface area contributed by atoms with E-state index in [0.29, 0.717) is 42.8 Å². The Morgan fingerprint density at radius 2 is 1.73 bits per heavy atom. The zero-order chi connectivity index (χ0) is 21.5. The van der Waals surface area contributed by atoms with Gasteiger partial charge in [0.1, 0.15) is 0 Å². The number of piperidine rings is 1. The van der Waals surface area contributed by atoms with Gasteiger partial charge in [0.15, 0.2) is 5.96 Å². The fraction of sp³-hybridized carbons (Fsp3) is 0.611. The van der Waals surface area contributed by atoms with Crippen LogP contribution >= 0.6 is 24.0 Å². The summed E-state index contributed by atoms with van der Waals surface area (Å²) in [5.74, 6) is 0.651. The van der Waals surface area contributed by atoms with Gasteiger partial charge in [-0.05, 0) is 29.9 Å². The average Bonchev–Trinajstić information content (AvgIpc) is 2.69. The van der Waals surface area contributed by atoms with Crippen molar-refractivity contribution in [3.05, 3.63) is 35.4 Å². The number of nitrogens with one attached hydrogen (secondary N) is 2. The Balaban J connectivity index is 0.00000450. The third kappa shape index (κ3) is 7.54. The summed E-state index contributed by atoms with van der Waals surface area (Å²) >= 11 is 0. The third-order valence-electron chi connectivity index (χ3n) is 4.78. The Labute approximate surface area is 192 Å². The molecular formula is C18H28F3IN4O3S. The zero-order valence-corrected chi connectivity index (χ0v) is 20.1. The molecule has 2 rings (SSSR count). The summed E-state index contributed by atoms with van der Waals surface area (Å²) in [6.07, 6.45) is 0.723. The van der Waals surface area contributed by atoms with Crippen molar-refractivity contribution in [3.8, 4) is 0 Å². The minimum absolute atomic E-state index is 0. The number of benzene rings is 1. The molecule has 0 amide bonds. The van der Waals surface area contributed by atoms with Crippen LogP contribution in [0, 0.1) is 5.92 Å². The second-order valence-electron chi connectivity index (χ2n) is 6.85. The number of halogens is 4. The lowest BCUT2D eigenvalue weighted by atomic mass is 9.98. The number of aliphatic imine (C=N–C) groups is 1. The van der Waals surface area contributed by atoms with E-state index in [0.717, 1.165) is 11.1 Å². The molecule has 2 N–H and O–H groups in total. The van der Waals surface area contributed by atoms with E-state index in [4.69, 9.17) is 4.74 Å². The number of hydrogen-bond acceptors (Lipinski definition) is 4. The molecule has 0 saturated carbocycles. The highest BCUT2D eigenvalue weighted by Crippen LogP contribution is 2.30. The van der Waals surface area contributed by atoms with Gasteiger partial charge in [-0.3, -0.25) is 4.99 Å². The molecule has 0 aliphatic carbocycles. The van der Waals surface area contributed by atoms with Crippen LogP contribution < -0.4 is 10.6 Å². The Morgan fingerprint density at radius 3 is 2.23 bits per heavy atom. The predicted octanol–water partition coefficient (Wildman–Crippen LogP) is 2.68. The van der Waals surface area contributed by atoms with Crippen LogP contribution in [-0.4, -0.2) is 58.0 Å². The Morgan fingerprint density at radius 1 is 1.17 bits per heavy atom. The molecule has 1 aromatic rings. The number of nitrogens with zero attached hydrogens (tertiary/aromatic N) is 2.